The average molecular weight is 470 g/mol. The minimum atomic E-state index is -0.404. The highest BCUT2D eigenvalue weighted by atomic mass is 16.5. The number of nitrogens with zero attached hydrogens (tertiary/aromatic N) is 4. The number of benzene rings is 2. The van der Waals surface area contributed by atoms with Gasteiger partial charge in [0.05, 0.1) is 25.6 Å². The lowest BCUT2D eigenvalue weighted by molar-refractivity contribution is 0.0956. The van der Waals surface area contributed by atoms with Crippen molar-refractivity contribution in [1.82, 2.24) is 19.6 Å². The van der Waals surface area contributed by atoms with Crippen LogP contribution < -0.4 is 15.2 Å². The van der Waals surface area contributed by atoms with Crippen LogP contribution in [-0.2, 0) is 13.0 Å². The van der Waals surface area contributed by atoms with E-state index in [2.05, 4.69) is 15.1 Å². The molecule has 0 spiro atoms. The first-order valence-electron chi connectivity index (χ1n) is 11.0. The number of rotatable bonds is 7. The molecule has 0 aliphatic carbocycles. The number of fused-ring (bicyclic) bond motifs is 1. The third-order valence-electron chi connectivity index (χ3n) is 5.74. The van der Waals surface area contributed by atoms with Gasteiger partial charge in [-0.1, -0.05) is 42.5 Å². The third kappa shape index (κ3) is 4.43. The normalized spacial score (nSPS) is 11.0. The Morgan fingerprint density at radius 2 is 1.80 bits per heavy atom. The molecule has 3 aromatic heterocycles. The molecule has 2 aromatic carbocycles. The lowest BCUT2D eigenvalue weighted by atomic mass is 10.1. The van der Waals surface area contributed by atoms with Crippen molar-refractivity contribution in [2.45, 2.75) is 19.9 Å². The van der Waals surface area contributed by atoms with E-state index in [1.54, 1.807) is 26.2 Å². The number of carbonyl (C=O) groups excluding carboxylic acids is 1. The highest BCUT2D eigenvalue weighted by Crippen LogP contribution is 2.20. The van der Waals surface area contributed by atoms with Crippen molar-refractivity contribution in [3.05, 3.63) is 111 Å². The fourth-order valence-electron chi connectivity index (χ4n) is 3.86. The lowest BCUT2D eigenvalue weighted by Crippen LogP contribution is -2.31. The van der Waals surface area contributed by atoms with Crippen molar-refractivity contribution in [3.8, 4) is 5.75 Å². The maximum Gasteiger partial charge on any atom is 0.296 e. The van der Waals surface area contributed by atoms with Crippen molar-refractivity contribution >= 4 is 17.6 Å². The molecule has 0 radical (unpaired) electrons. The molecule has 0 aliphatic heterocycles. The number of aromatic nitrogens is 4. The summed E-state index contributed by atoms with van der Waals surface area (Å²) >= 11 is 0. The quantitative estimate of drug-likeness (QED) is 0.389. The lowest BCUT2D eigenvalue weighted by Gasteiger charge is -2.18. The SMILES string of the molecule is COc1ccc(CN(C(=O)c2ccco2)c2nc3nc(C)c(Cc4ccccc4)c(=O)n3[nH]2)cc1. The second kappa shape index (κ2) is 9.30. The molecule has 0 bridgehead atoms. The Balaban J connectivity index is 1.56. The van der Waals surface area contributed by atoms with Crippen LogP contribution in [0.1, 0.15) is 32.9 Å². The summed E-state index contributed by atoms with van der Waals surface area (Å²) in [6, 6.07) is 20.3. The van der Waals surface area contributed by atoms with Gasteiger partial charge in [0.25, 0.3) is 17.2 Å². The van der Waals surface area contributed by atoms with Crippen LogP contribution in [0.4, 0.5) is 5.95 Å². The molecule has 5 aromatic rings. The van der Waals surface area contributed by atoms with Gasteiger partial charge in [0.15, 0.2) is 5.76 Å². The Kier molecular flexibility index (Phi) is 5.88. The number of carbonyl (C=O) groups is 1. The number of ether oxygens (including phenoxy) is 1. The van der Waals surface area contributed by atoms with Gasteiger partial charge >= 0.3 is 0 Å². The number of hydrogen-bond donors (Lipinski definition) is 1. The predicted molar refractivity (Wildman–Crippen MR) is 130 cm³/mol. The number of hydrogen-bond acceptors (Lipinski definition) is 6. The Labute approximate surface area is 200 Å². The van der Waals surface area contributed by atoms with Gasteiger partial charge < -0.3 is 9.15 Å². The van der Waals surface area contributed by atoms with Crippen molar-refractivity contribution < 1.29 is 13.9 Å². The van der Waals surface area contributed by atoms with Gasteiger partial charge in [-0.3, -0.25) is 19.6 Å². The van der Waals surface area contributed by atoms with Crippen LogP contribution in [0.15, 0.2) is 82.2 Å². The van der Waals surface area contributed by atoms with Crippen LogP contribution in [0.3, 0.4) is 0 Å². The van der Waals surface area contributed by atoms with Gasteiger partial charge in [0, 0.05) is 12.0 Å². The van der Waals surface area contributed by atoms with E-state index in [0.29, 0.717) is 23.4 Å². The Morgan fingerprint density at radius 1 is 1.03 bits per heavy atom. The second-order valence-electron chi connectivity index (χ2n) is 8.04. The van der Waals surface area contributed by atoms with Crippen LogP contribution in [0.2, 0.25) is 0 Å². The largest absolute Gasteiger partial charge is 0.497 e. The Hall–Kier alpha value is -4.66. The topological polar surface area (TPSA) is 106 Å². The van der Waals surface area contributed by atoms with Crippen LogP contribution in [0.25, 0.3) is 5.78 Å². The summed E-state index contributed by atoms with van der Waals surface area (Å²) in [6.07, 6.45) is 1.87. The summed E-state index contributed by atoms with van der Waals surface area (Å²) in [5.41, 5.74) is 2.74. The van der Waals surface area contributed by atoms with Crippen LogP contribution in [0.5, 0.6) is 5.75 Å². The Bertz CT molecular complexity index is 1520. The highest BCUT2D eigenvalue weighted by molar-refractivity contribution is 6.03. The van der Waals surface area contributed by atoms with E-state index in [9.17, 15) is 9.59 Å². The number of methoxy groups -OCH3 is 1. The van der Waals surface area contributed by atoms with Crippen molar-refractivity contribution in [1.29, 1.82) is 0 Å². The van der Waals surface area contributed by atoms with Crippen molar-refractivity contribution in [2.24, 2.45) is 0 Å². The zero-order valence-electron chi connectivity index (χ0n) is 19.3. The Morgan fingerprint density at radius 3 is 2.49 bits per heavy atom. The molecule has 0 saturated carbocycles. The molecule has 9 heteroatoms. The molecule has 3 heterocycles. The van der Waals surface area contributed by atoms with Crippen LogP contribution in [-0.4, -0.2) is 32.6 Å². The molecule has 1 amide bonds. The van der Waals surface area contributed by atoms with Crippen molar-refractivity contribution in [2.75, 3.05) is 12.0 Å². The first kappa shape index (κ1) is 22.1. The van der Waals surface area contributed by atoms with E-state index in [1.807, 2.05) is 54.6 Å². The van der Waals surface area contributed by atoms with Crippen molar-refractivity contribution in [3.63, 3.8) is 0 Å². The molecular formula is C26H23N5O4. The third-order valence-corrected chi connectivity index (χ3v) is 5.74. The summed E-state index contributed by atoms with van der Waals surface area (Å²) in [4.78, 5) is 37.1. The van der Waals surface area contributed by atoms with Crippen LogP contribution >= 0.6 is 0 Å². The predicted octanol–water partition coefficient (Wildman–Crippen LogP) is 3.77. The molecule has 0 atom stereocenters. The van der Waals surface area contributed by atoms with Gasteiger partial charge in [0.2, 0.25) is 5.95 Å². The van der Waals surface area contributed by atoms with Gasteiger partial charge in [-0.15, -0.1) is 0 Å². The molecule has 0 saturated heterocycles. The first-order chi connectivity index (χ1) is 17.0. The van der Waals surface area contributed by atoms with E-state index in [-0.39, 0.29) is 29.6 Å². The molecule has 0 fully saturated rings. The number of anilines is 1. The smallest absolute Gasteiger partial charge is 0.296 e. The molecule has 0 unspecified atom stereocenters. The zero-order chi connectivity index (χ0) is 24.4. The molecule has 176 valence electrons. The van der Waals surface area contributed by atoms with Crippen LogP contribution in [0, 0.1) is 6.92 Å². The minimum absolute atomic E-state index is 0.153. The van der Waals surface area contributed by atoms with Gasteiger partial charge in [0.1, 0.15) is 5.75 Å². The summed E-state index contributed by atoms with van der Waals surface area (Å²) in [5, 5.41) is 2.97. The molecule has 9 nitrogen and oxygen atoms in total. The summed E-state index contributed by atoms with van der Waals surface area (Å²) in [7, 11) is 1.59. The van der Waals surface area contributed by atoms with Gasteiger partial charge in [-0.25, -0.2) is 4.98 Å². The standard InChI is InChI=1S/C26H23N5O4/c1-17-21(15-18-7-4-3-5-8-18)23(32)31-25(27-17)28-26(29-31)30(24(33)22-9-6-14-35-22)16-19-10-12-20(34-2)13-11-19/h3-14H,15-16H2,1-2H3,(H,27,28,29). The summed E-state index contributed by atoms with van der Waals surface area (Å²) in [5.74, 6) is 0.826. The monoisotopic (exact) mass is 469 g/mol. The molecular weight excluding hydrogens is 446 g/mol. The van der Waals surface area contributed by atoms with E-state index >= 15 is 0 Å². The number of nitrogens with one attached hydrogen (secondary N) is 1. The van der Waals surface area contributed by atoms with E-state index in [0.717, 1.165) is 11.1 Å². The first-order valence-corrected chi connectivity index (χ1v) is 11.0. The average Bonchev–Trinajstić information content (AvgIpc) is 3.56. The number of aryl methyl sites for hydroxylation is 1. The molecule has 0 aliphatic rings. The highest BCUT2D eigenvalue weighted by Gasteiger charge is 2.25. The number of furan rings is 1. The maximum atomic E-state index is 13.3. The second-order valence-corrected chi connectivity index (χ2v) is 8.04. The molecule has 35 heavy (non-hydrogen) atoms. The van der Waals surface area contributed by atoms with E-state index < -0.39 is 5.91 Å². The summed E-state index contributed by atoms with van der Waals surface area (Å²) in [6.45, 7) is 1.98. The molecule has 5 rings (SSSR count). The fraction of sp³-hybridized carbons (Fsp3) is 0.154. The van der Waals surface area contributed by atoms with Gasteiger partial charge in [-0.05, 0) is 42.3 Å². The van der Waals surface area contributed by atoms with Gasteiger partial charge in [-0.2, -0.15) is 9.50 Å². The molecule has 1 N–H and O–H groups in total. The number of H-pyrrole nitrogens is 1. The minimum Gasteiger partial charge on any atom is -0.497 e. The number of amides is 1. The maximum absolute atomic E-state index is 13.3. The summed E-state index contributed by atoms with van der Waals surface area (Å²) < 4.78 is 11.8. The van der Waals surface area contributed by atoms with E-state index in [4.69, 9.17) is 9.15 Å². The zero-order valence-corrected chi connectivity index (χ0v) is 19.3. The number of aromatic amines is 1. The fourth-order valence-corrected chi connectivity index (χ4v) is 3.86. The van der Waals surface area contributed by atoms with E-state index in [1.165, 1.54) is 15.7 Å².